The molecular formula is C6H10Ac3N4O7. The van der Waals surface area contributed by atoms with Gasteiger partial charge in [0.15, 0.2) is 0 Å². The molecule has 0 aliphatic carbocycles. The summed E-state index contributed by atoms with van der Waals surface area (Å²) in [6.45, 7) is -0.682. The monoisotopic (exact) mass is 931 g/mol. The fourth-order valence-corrected chi connectivity index (χ4v) is 1.42. The predicted octanol–water partition coefficient (Wildman–Crippen LogP) is -1.69. The Bertz CT molecular complexity index is 345. The molecule has 3 radical (unpaired) electrons. The molecule has 5 atom stereocenters. The van der Waals surface area contributed by atoms with E-state index in [0.717, 1.165) is 0 Å². The molecule has 3 unspecified atom stereocenters. The van der Waals surface area contributed by atoms with Crippen molar-refractivity contribution in [3.8, 4) is 0 Å². The van der Waals surface area contributed by atoms with Gasteiger partial charge in [-0.15, -0.1) is 10.1 Å². The van der Waals surface area contributed by atoms with Gasteiger partial charge >= 0.3 is 0 Å². The maximum absolute atomic E-state index is 10.2. The van der Waals surface area contributed by atoms with E-state index in [2.05, 4.69) is 14.9 Å². The quantitative estimate of drug-likeness (QED) is 0.0995. The van der Waals surface area contributed by atoms with E-state index in [0.29, 0.717) is 0 Å². The van der Waals surface area contributed by atoms with E-state index in [9.17, 15) is 20.3 Å². The molecule has 0 aromatic rings. The van der Waals surface area contributed by atoms with Crippen LogP contribution in [0.2, 0.25) is 0 Å². The summed E-state index contributed by atoms with van der Waals surface area (Å²) in [4.78, 5) is 16.6. The van der Waals surface area contributed by atoms with Crippen LogP contribution in [0.1, 0.15) is 0 Å². The van der Waals surface area contributed by atoms with Gasteiger partial charge in [0.1, 0.15) is 18.2 Å². The molecule has 0 aromatic carbocycles. The molecule has 14 heteroatoms. The minimum atomic E-state index is -1.68. The van der Waals surface area contributed by atoms with Crippen LogP contribution in [0, 0.1) is 142 Å². The molecule has 0 bridgehead atoms. The summed E-state index contributed by atoms with van der Waals surface area (Å²) in [6, 6.07) is -1.48. The molecular weight excluding hydrogens is 921 g/mol. The van der Waals surface area contributed by atoms with Crippen LogP contribution in [0.4, 0.5) is 0 Å². The van der Waals surface area contributed by atoms with Crippen molar-refractivity contribution in [3.05, 3.63) is 20.6 Å². The summed E-state index contributed by atoms with van der Waals surface area (Å²) < 4.78 is 4.81. The summed E-state index contributed by atoms with van der Waals surface area (Å²) in [5.74, 6) is 0. The molecule has 20 heavy (non-hydrogen) atoms. The van der Waals surface area contributed by atoms with Crippen LogP contribution >= 0.6 is 0 Å². The van der Waals surface area contributed by atoms with Crippen molar-refractivity contribution in [2.75, 3.05) is 6.61 Å². The number of aliphatic hydroxyl groups is 3. The molecule has 0 aromatic heterocycles. The van der Waals surface area contributed by atoms with Gasteiger partial charge in [-0.05, 0) is 5.53 Å². The largest absolute Gasteiger partial charge is 0.394 e. The van der Waals surface area contributed by atoms with Crippen LogP contribution in [0.15, 0.2) is 5.11 Å². The maximum Gasteiger partial charge on any atom is 0.297 e. The van der Waals surface area contributed by atoms with Crippen molar-refractivity contribution in [2.45, 2.75) is 30.6 Å². The molecule has 1 rings (SSSR count). The van der Waals surface area contributed by atoms with Gasteiger partial charge in [0, 0.05) is 137 Å². The third kappa shape index (κ3) is 7.98. The second kappa shape index (κ2) is 14.1. The second-order valence-electron chi connectivity index (χ2n) is 3.23. The van der Waals surface area contributed by atoms with Gasteiger partial charge in [-0.25, -0.2) is 0 Å². The van der Waals surface area contributed by atoms with Crippen LogP contribution in [0.3, 0.4) is 0 Å². The van der Waals surface area contributed by atoms with Crippen LogP contribution in [-0.4, -0.2) is 57.7 Å². The van der Waals surface area contributed by atoms with Crippen molar-refractivity contribution in [2.24, 2.45) is 5.11 Å². The number of hydrogen-bond donors (Lipinski definition) is 3. The number of ether oxygens (including phenoxy) is 1. The molecule has 0 saturated carbocycles. The average molecular weight is 931 g/mol. The number of nitrogens with zero attached hydrogens (tertiary/aromatic N) is 4. The number of azide groups is 1. The number of rotatable bonds is 4. The summed E-state index contributed by atoms with van der Waals surface area (Å²) >= 11 is 0. The Morgan fingerprint density at radius 2 is 1.90 bits per heavy atom. The third-order valence-corrected chi connectivity index (χ3v) is 2.22. The Morgan fingerprint density at radius 3 is 2.30 bits per heavy atom. The summed E-state index contributed by atoms with van der Waals surface area (Å²) in [5, 5.41) is 39.8. The van der Waals surface area contributed by atoms with Crippen molar-refractivity contribution >= 4 is 0 Å². The minimum absolute atomic E-state index is 0. The molecule has 1 aliphatic rings. The molecule has 1 fully saturated rings. The first-order valence-electron chi connectivity index (χ1n) is 4.49. The number of aliphatic hydroxyl groups excluding tert-OH is 3. The Labute approximate surface area is 220 Å². The zero-order valence-corrected chi connectivity index (χ0v) is 24.3. The zero-order chi connectivity index (χ0) is 13.0. The van der Waals surface area contributed by atoms with Gasteiger partial charge in [-0.3, -0.25) is 4.84 Å². The predicted molar refractivity (Wildman–Crippen MR) is 48.8 cm³/mol. The van der Waals surface area contributed by atoms with Crippen molar-refractivity contribution < 1.29 is 162 Å². The second-order valence-corrected chi connectivity index (χ2v) is 3.23. The normalized spacial score (nSPS) is 31.4. The summed E-state index contributed by atoms with van der Waals surface area (Å²) in [7, 11) is 0. The van der Waals surface area contributed by atoms with Crippen LogP contribution in [-0.2, 0) is 9.57 Å². The van der Waals surface area contributed by atoms with E-state index >= 15 is 0 Å². The van der Waals surface area contributed by atoms with Crippen LogP contribution in [0.5, 0.6) is 0 Å². The SMILES string of the molecule is [Ac].[Ac].[Ac].[N-]=[N+]=N[C@H]1C(O[N+](=O)[O-])OC(CO)[C@H](O)C1O. The average Bonchev–Trinajstić information content (AvgIpc) is 2.27. The Morgan fingerprint density at radius 1 is 1.35 bits per heavy atom. The van der Waals surface area contributed by atoms with Gasteiger partial charge in [0.2, 0.25) is 6.29 Å². The Kier molecular flexibility index (Phi) is 19.3. The topological polar surface area (TPSA) is 171 Å². The van der Waals surface area contributed by atoms with Gasteiger partial charge in [-0.2, -0.15) is 0 Å². The maximum atomic E-state index is 10.2. The first kappa shape index (κ1) is 27.5. The van der Waals surface area contributed by atoms with Gasteiger partial charge in [0.25, 0.3) is 5.09 Å². The molecule has 105 valence electrons. The van der Waals surface area contributed by atoms with Crippen LogP contribution in [0.25, 0.3) is 10.4 Å². The van der Waals surface area contributed by atoms with Crippen molar-refractivity contribution in [1.82, 2.24) is 0 Å². The van der Waals surface area contributed by atoms with Crippen molar-refractivity contribution in [1.29, 1.82) is 0 Å². The molecule has 3 N–H and O–H groups in total. The summed E-state index contributed by atoms with van der Waals surface area (Å²) in [5.41, 5.74) is 8.23. The zero-order valence-electron chi connectivity index (χ0n) is 10.1. The molecule has 1 saturated heterocycles. The first-order valence-corrected chi connectivity index (χ1v) is 4.49. The summed E-state index contributed by atoms with van der Waals surface area (Å²) in [6.07, 6.45) is -6.12. The van der Waals surface area contributed by atoms with Gasteiger partial charge < -0.3 is 20.1 Å². The van der Waals surface area contributed by atoms with Crippen molar-refractivity contribution in [3.63, 3.8) is 0 Å². The smallest absolute Gasteiger partial charge is 0.297 e. The van der Waals surface area contributed by atoms with E-state index in [1.165, 1.54) is 0 Å². The van der Waals surface area contributed by atoms with Gasteiger partial charge in [-0.1, -0.05) is 5.11 Å². The Balaban J connectivity index is -0.000000963. The van der Waals surface area contributed by atoms with E-state index in [-0.39, 0.29) is 132 Å². The van der Waals surface area contributed by atoms with E-state index in [1.54, 1.807) is 0 Å². The fourth-order valence-electron chi connectivity index (χ4n) is 1.42. The Hall–Kier alpha value is 2.67. The molecule has 1 heterocycles. The van der Waals surface area contributed by atoms with E-state index < -0.39 is 42.3 Å². The molecule has 0 spiro atoms. The van der Waals surface area contributed by atoms with E-state index in [1.807, 2.05) is 0 Å². The molecule has 0 amide bonds. The third-order valence-electron chi connectivity index (χ3n) is 2.22. The van der Waals surface area contributed by atoms with Crippen LogP contribution < -0.4 is 0 Å². The fraction of sp³-hybridized carbons (Fsp3) is 1.00. The standard InChI is InChI=1S/C6H10N4O7.3Ac/c7-9-8-3-5(13)4(12)2(1-11)16-6(3)17-10(14)15;;;/h2-6,11-13H,1H2;;;/t2?,3-,4+,5?,6?;;;/m1.../s1. The minimum Gasteiger partial charge on any atom is -0.394 e. The van der Waals surface area contributed by atoms with E-state index in [4.69, 9.17) is 15.4 Å². The molecule has 11 nitrogen and oxygen atoms in total. The molecule has 1 aliphatic heterocycles. The number of hydrogen-bond acceptors (Lipinski definition) is 8. The van der Waals surface area contributed by atoms with Gasteiger partial charge in [0.05, 0.1) is 12.7 Å². The first-order chi connectivity index (χ1) is 8.01.